The Labute approximate surface area is 115 Å². The van der Waals surface area contributed by atoms with Crippen molar-refractivity contribution < 1.29 is 4.79 Å². The normalized spacial score (nSPS) is 10.6. The number of fused-ring (bicyclic) bond motifs is 1. The van der Waals surface area contributed by atoms with Crippen molar-refractivity contribution in [2.75, 3.05) is 5.73 Å². The highest BCUT2D eigenvalue weighted by molar-refractivity contribution is 6.08. The van der Waals surface area contributed by atoms with Crippen LogP contribution in [0, 0.1) is 0 Å². The van der Waals surface area contributed by atoms with E-state index in [4.69, 9.17) is 5.73 Å². The highest BCUT2D eigenvalue weighted by Gasteiger charge is 2.12. The van der Waals surface area contributed by atoms with E-state index in [1.165, 1.54) is 6.20 Å². The van der Waals surface area contributed by atoms with Gasteiger partial charge in [-0.3, -0.25) is 4.79 Å². The highest BCUT2D eigenvalue weighted by atomic mass is 16.1. The summed E-state index contributed by atoms with van der Waals surface area (Å²) in [6.45, 7) is 0.338. The number of aromatic amines is 1. The van der Waals surface area contributed by atoms with Crippen LogP contribution in [0.3, 0.4) is 0 Å². The average Bonchev–Trinajstić information content (AvgIpc) is 2.99. The zero-order valence-corrected chi connectivity index (χ0v) is 10.6. The molecule has 2 heterocycles. The number of hydrogen-bond acceptors (Lipinski definition) is 4. The second-order valence-electron chi connectivity index (χ2n) is 4.32. The molecule has 3 aromatic rings. The lowest BCUT2D eigenvalue weighted by Crippen LogP contribution is -2.24. The molecule has 0 aliphatic carbocycles. The second-order valence-corrected chi connectivity index (χ2v) is 4.32. The minimum Gasteiger partial charge on any atom is -0.383 e. The molecule has 0 fully saturated rings. The standard InChI is InChI=1S/C14H13N5O/c15-13-10-4-2-1-3-9(10)11(7-18-13)14(20)19-8-12-16-5-6-17-12/h1-7H,8H2,(H2,15,18)(H,16,17)(H,19,20). The van der Waals surface area contributed by atoms with Crippen LogP contribution in [0.15, 0.2) is 42.9 Å². The first-order valence-electron chi connectivity index (χ1n) is 6.15. The van der Waals surface area contributed by atoms with Crippen LogP contribution in [-0.4, -0.2) is 20.9 Å². The third kappa shape index (κ3) is 2.18. The summed E-state index contributed by atoms with van der Waals surface area (Å²) in [6.07, 6.45) is 4.85. The fourth-order valence-electron chi connectivity index (χ4n) is 2.05. The van der Waals surface area contributed by atoms with Crippen molar-refractivity contribution >= 4 is 22.5 Å². The van der Waals surface area contributed by atoms with Gasteiger partial charge in [-0.05, 0) is 5.39 Å². The average molecular weight is 267 g/mol. The van der Waals surface area contributed by atoms with Gasteiger partial charge in [0.2, 0.25) is 0 Å². The Morgan fingerprint density at radius 3 is 2.80 bits per heavy atom. The number of anilines is 1. The van der Waals surface area contributed by atoms with Crippen LogP contribution < -0.4 is 11.1 Å². The lowest BCUT2D eigenvalue weighted by Gasteiger charge is -2.08. The fraction of sp³-hybridized carbons (Fsp3) is 0.0714. The van der Waals surface area contributed by atoms with Gasteiger partial charge in [-0.15, -0.1) is 0 Å². The van der Waals surface area contributed by atoms with Gasteiger partial charge in [-0.25, -0.2) is 9.97 Å². The molecule has 0 radical (unpaired) electrons. The summed E-state index contributed by atoms with van der Waals surface area (Å²) in [4.78, 5) is 23.3. The van der Waals surface area contributed by atoms with E-state index in [9.17, 15) is 4.79 Å². The number of benzene rings is 1. The van der Waals surface area contributed by atoms with Gasteiger partial charge in [0, 0.05) is 24.0 Å². The van der Waals surface area contributed by atoms with E-state index in [0.29, 0.717) is 23.8 Å². The minimum atomic E-state index is -0.204. The summed E-state index contributed by atoms with van der Waals surface area (Å²) >= 11 is 0. The summed E-state index contributed by atoms with van der Waals surface area (Å²) in [6, 6.07) is 7.44. The second kappa shape index (κ2) is 5.00. The molecular weight excluding hydrogens is 254 g/mol. The number of rotatable bonds is 3. The Morgan fingerprint density at radius 1 is 1.25 bits per heavy atom. The summed E-state index contributed by atoms with van der Waals surface area (Å²) in [5.74, 6) is 0.916. The van der Waals surface area contributed by atoms with Crippen molar-refractivity contribution in [3.05, 3.63) is 54.2 Å². The van der Waals surface area contributed by atoms with Gasteiger partial charge in [0.15, 0.2) is 0 Å². The van der Waals surface area contributed by atoms with E-state index in [2.05, 4.69) is 20.3 Å². The lowest BCUT2D eigenvalue weighted by molar-refractivity contribution is 0.0951. The highest BCUT2D eigenvalue weighted by Crippen LogP contribution is 2.22. The van der Waals surface area contributed by atoms with Crippen LogP contribution in [0.1, 0.15) is 16.2 Å². The van der Waals surface area contributed by atoms with E-state index in [0.717, 1.165) is 10.8 Å². The van der Waals surface area contributed by atoms with Crippen molar-refractivity contribution in [2.45, 2.75) is 6.54 Å². The number of carbonyl (C=O) groups is 1. The molecule has 0 aliphatic heterocycles. The molecule has 6 heteroatoms. The number of amides is 1. The monoisotopic (exact) mass is 267 g/mol. The van der Waals surface area contributed by atoms with Crippen molar-refractivity contribution in [2.24, 2.45) is 0 Å². The summed E-state index contributed by atoms with van der Waals surface area (Å²) < 4.78 is 0. The SMILES string of the molecule is Nc1ncc(C(=O)NCc2ncc[nH]2)c2ccccc12. The number of nitrogens with one attached hydrogen (secondary N) is 2. The number of hydrogen-bond donors (Lipinski definition) is 3. The van der Waals surface area contributed by atoms with Crippen LogP contribution >= 0.6 is 0 Å². The summed E-state index contributed by atoms with van der Waals surface area (Å²) in [5, 5.41) is 4.36. The predicted octanol–water partition coefficient (Wildman–Crippen LogP) is 1.47. The first kappa shape index (κ1) is 12.2. The molecule has 0 spiro atoms. The lowest BCUT2D eigenvalue weighted by atomic mass is 10.1. The molecule has 6 nitrogen and oxygen atoms in total. The number of H-pyrrole nitrogens is 1. The number of pyridine rings is 1. The molecule has 0 aliphatic rings. The first-order valence-corrected chi connectivity index (χ1v) is 6.15. The van der Waals surface area contributed by atoms with Crippen molar-refractivity contribution in [3.8, 4) is 0 Å². The number of nitrogen functional groups attached to an aromatic ring is 1. The van der Waals surface area contributed by atoms with E-state index in [1.807, 2.05) is 24.3 Å². The van der Waals surface area contributed by atoms with Crippen LogP contribution in [0.5, 0.6) is 0 Å². The molecule has 4 N–H and O–H groups in total. The van der Waals surface area contributed by atoms with Crippen LogP contribution in [0.4, 0.5) is 5.82 Å². The maximum Gasteiger partial charge on any atom is 0.253 e. The smallest absolute Gasteiger partial charge is 0.253 e. The molecule has 20 heavy (non-hydrogen) atoms. The summed E-state index contributed by atoms with van der Waals surface area (Å²) in [5.41, 5.74) is 6.32. The Kier molecular flexibility index (Phi) is 3.04. The van der Waals surface area contributed by atoms with Gasteiger partial charge in [-0.1, -0.05) is 24.3 Å². The number of nitrogens with two attached hydrogens (primary N) is 1. The number of aromatic nitrogens is 3. The van der Waals surface area contributed by atoms with Crippen LogP contribution in [0.25, 0.3) is 10.8 Å². The van der Waals surface area contributed by atoms with Gasteiger partial charge in [0.25, 0.3) is 5.91 Å². The van der Waals surface area contributed by atoms with Crippen LogP contribution in [-0.2, 0) is 6.54 Å². The Balaban J connectivity index is 1.90. The third-order valence-corrected chi connectivity index (χ3v) is 3.04. The molecule has 100 valence electrons. The van der Waals surface area contributed by atoms with Crippen LogP contribution in [0.2, 0.25) is 0 Å². The quantitative estimate of drug-likeness (QED) is 0.669. The van der Waals surface area contributed by atoms with E-state index >= 15 is 0 Å². The zero-order chi connectivity index (χ0) is 13.9. The maximum atomic E-state index is 12.2. The largest absolute Gasteiger partial charge is 0.383 e. The molecular formula is C14H13N5O. The van der Waals surface area contributed by atoms with E-state index in [1.54, 1.807) is 12.4 Å². The fourth-order valence-corrected chi connectivity index (χ4v) is 2.05. The Hall–Kier alpha value is -2.89. The zero-order valence-electron chi connectivity index (χ0n) is 10.6. The molecule has 1 amide bonds. The van der Waals surface area contributed by atoms with Crippen molar-refractivity contribution in [3.63, 3.8) is 0 Å². The maximum absolute atomic E-state index is 12.2. The molecule has 0 saturated heterocycles. The molecule has 2 aromatic heterocycles. The van der Waals surface area contributed by atoms with Gasteiger partial charge in [-0.2, -0.15) is 0 Å². The summed E-state index contributed by atoms with van der Waals surface area (Å²) in [7, 11) is 0. The molecule has 0 unspecified atom stereocenters. The van der Waals surface area contributed by atoms with Crippen molar-refractivity contribution in [1.29, 1.82) is 0 Å². The number of nitrogens with zero attached hydrogens (tertiary/aromatic N) is 2. The van der Waals surface area contributed by atoms with Crippen molar-refractivity contribution in [1.82, 2.24) is 20.3 Å². The van der Waals surface area contributed by atoms with Gasteiger partial charge in [0.1, 0.15) is 11.6 Å². The molecule has 0 atom stereocenters. The Bertz CT molecular complexity index is 751. The molecule has 0 bridgehead atoms. The topological polar surface area (TPSA) is 96.7 Å². The number of carbonyl (C=O) groups excluding carboxylic acids is 1. The van der Waals surface area contributed by atoms with E-state index in [-0.39, 0.29) is 5.91 Å². The van der Waals surface area contributed by atoms with Gasteiger partial charge in [0.05, 0.1) is 12.1 Å². The first-order chi connectivity index (χ1) is 9.75. The third-order valence-electron chi connectivity index (χ3n) is 3.04. The minimum absolute atomic E-state index is 0.204. The van der Waals surface area contributed by atoms with Gasteiger partial charge < -0.3 is 16.0 Å². The van der Waals surface area contributed by atoms with Gasteiger partial charge >= 0.3 is 0 Å². The molecule has 1 aromatic carbocycles. The van der Waals surface area contributed by atoms with E-state index < -0.39 is 0 Å². The number of imidazole rings is 1. The molecule has 0 saturated carbocycles. The molecule has 3 rings (SSSR count). The Morgan fingerprint density at radius 2 is 2.05 bits per heavy atom. The predicted molar refractivity (Wildman–Crippen MR) is 75.9 cm³/mol.